The highest BCUT2D eigenvalue weighted by Crippen LogP contribution is 2.17. The molecule has 0 aromatic carbocycles. The van der Waals surface area contributed by atoms with E-state index in [1.807, 2.05) is 22.9 Å². The van der Waals surface area contributed by atoms with E-state index in [-0.39, 0.29) is 0 Å². The van der Waals surface area contributed by atoms with Gasteiger partial charge in [0.2, 0.25) is 0 Å². The molecule has 6 nitrogen and oxygen atoms in total. The van der Waals surface area contributed by atoms with Crippen molar-refractivity contribution in [2.75, 3.05) is 27.2 Å². The van der Waals surface area contributed by atoms with E-state index in [4.69, 9.17) is 10.1 Å². The number of nitrogens with zero attached hydrogens (tertiary/aromatic N) is 6. The average molecular weight is 328 g/mol. The van der Waals surface area contributed by atoms with Gasteiger partial charge in [0.15, 0.2) is 11.6 Å². The molecule has 24 heavy (non-hydrogen) atoms. The standard InChI is InChI=1S/C18H28N6/c1-14(2)11-16-20-18(13-23-10-8-15(12-23)22(3)4)24(21-16)17-7-5-6-9-19-17/h5-7,9,14-15H,8,10-13H2,1-4H3/t15-/m1/s1. The Kier molecular flexibility index (Phi) is 5.26. The summed E-state index contributed by atoms with van der Waals surface area (Å²) in [5.74, 6) is 3.29. The topological polar surface area (TPSA) is 50.1 Å². The van der Waals surface area contributed by atoms with E-state index < -0.39 is 0 Å². The van der Waals surface area contributed by atoms with Gasteiger partial charge in [0.05, 0.1) is 6.54 Å². The fourth-order valence-corrected chi connectivity index (χ4v) is 3.19. The quantitative estimate of drug-likeness (QED) is 0.812. The highest BCUT2D eigenvalue weighted by Gasteiger charge is 2.26. The highest BCUT2D eigenvalue weighted by molar-refractivity contribution is 5.22. The number of aromatic nitrogens is 4. The third-order valence-corrected chi connectivity index (χ3v) is 4.52. The van der Waals surface area contributed by atoms with Crippen molar-refractivity contribution in [2.45, 2.75) is 39.3 Å². The molecule has 1 saturated heterocycles. The van der Waals surface area contributed by atoms with Crippen LogP contribution in [0.1, 0.15) is 31.9 Å². The third-order valence-electron chi connectivity index (χ3n) is 4.52. The maximum absolute atomic E-state index is 4.82. The molecule has 130 valence electrons. The average Bonchev–Trinajstić information content (AvgIpc) is 3.15. The van der Waals surface area contributed by atoms with Crippen LogP contribution in [0.4, 0.5) is 0 Å². The Morgan fingerprint density at radius 1 is 1.29 bits per heavy atom. The summed E-state index contributed by atoms with van der Waals surface area (Å²) in [5.41, 5.74) is 0. The molecule has 0 amide bonds. The van der Waals surface area contributed by atoms with Crippen LogP contribution < -0.4 is 0 Å². The minimum atomic E-state index is 0.544. The van der Waals surface area contributed by atoms with E-state index in [2.05, 4.69) is 42.7 Å². The van der Waals surface area contributed by atoms with Gasteiger partial charge in [-0.05, 0) is 38.6 Å². The van der Waals surface area contributed by atoms with Gasteiger partial charge < -0.3 is 4.90 Å². The van der Waals surface area contributed by atoms with Crippen LogP contribution in [-0.2, 0) is 13.0 Å². The normalized spacial score (nSPS) is 18.8. The fraction of sp³-hybridized carbons (Fsp3) is 0.611. The lowest BCUT2D eigenvalue weighted by Gasteiger charge is -2.20. The lowest BCUT2D eigenvalue weighted by atomic mass is 10.1. The second-order valence-corrected chi connectivity index (χ2v) is 7.28. The van der Waals surface area contributed by atoms with Gasteiger partial charge in [0.25, 0.3) is 0 Å². The molecule has 2 aromatic rings. The summed E-state index contributed by atoms with van der Waals surface area (Å²) in [7, 11) is 4.32. The predicted molar refractivity (Wildman–Crippen MR) is 95.1 cm³/mol. The molecular weight excluding hydrogens is 300 g/mol. The summed E-state index contributed by atoms with van der Waals surface area (Å²) in [6, 6.07) is 6.54. The number of likely N-dealkylation sites (tertiary alicyclic amines) is 1. The fourth-order valence-electron chi connectivity index (χ4n) is 3.19. The molecule has 0 radical (unpaired) electrons. The van der Waals surface area contributed by atoms with Gasteiger partial charge in [0, 0.05) is 31.7 Å². The van der Waals surface area contributed by atoms with Crippen LogP contribution in [0.25, 0.3) is 5.82 Å². The van der Waals surface area contributed by atoms with Gasteiger partial charge in [0.1, 0.15) is 5.82 Å². The van der Waals surface area contributed by atoms with Crippen LogP contribution in [0.5, 0.6) is 0 Å². The van der Waals surface area contributed by atoms with Crippen LogP contribution in [0.3, 0.4) is 0 Å². The van der Waals surface area contributed by atoms with Crippen LogP contribution in [0.2, 0.25) is 0 Å². The van der Waals surface area contributed by atoms with E-state index in [0.717, 1.165) is 43.5 Å². The molecular formula is C18H28N6. The minimum Gasteiger partial charge on any atom is -0.305 e. The molecule has 0 spiro atoms. The second kappa shape index (κ2) is 7.40. The number of hydrogen-bond acceptors (Lipinski definition) is 5. The first kappa shape index (κ1) is 17.0. The summed E-state index contributed by atoms with van der Waals surface area (Å²) >= 11 is 0. The van der Waals surface area contributed by atoms with E-state index in [0.29, 0.717) is 12.0 Å². The largest absolute Gasteiger partial charge is 0.305 e. The van der Waals surface area contributed by atoms with Crippen molar-refractivity contribution >= 4 is 0 Å². The zero-order valence-electron chi connectivity index (χ0n) is 15.2. The molecule has 0 unspecified atom stereocenters. The Balaban J connectivity index is 1.82. The van der Waals surface area contributed by atoms with Crippen molar-refractivity contribution in [1.82, 2.24) is 29.5 Å². The molecule has 3 rings (SSSR count). The SMILES string of the molecule is CC(C)Cc1nc(CN2CC[C@@H](N(C)C)C2)n(-c2ccccn2)n1. The number of likely N-dealkylation sites (N-methyl/N-ethyl adjacent to an activating group) is 1. The van der Waals surface area contributed by atoms with Crippen molar-refractivity contribution in [3.8, 4) is 5.82 Å². The van der Waals surface area contributed by atoms with Gasteiger partial charge >= 0.3 is 0 Å². The molecule has 0 N–H and O–H groups in total. The van der Waals surface area contributed by atoms with Crippen LogP contribution >= 0.6 is 0 Å². The van der Waals surface area contributed by atoms with Crippen molar-refractivity contribution in [3.05, 3.63) is 36.0 Å². The van der Waals surface area contributed by atoms with Gasteiger partial charge in [-0.2, -0.15) is 4.68 Å². The van der Waals surface area contributed by atoms with Crippen molar-refractivity contribution in [2.24, 2.45) is 5.92 Å². The first-order valence-electron chi connectivity index (χ1n) is 8.78. The molecule has 1 aliphatic heterocycles. The first-order valence-corrected chi connectivity index (χ1v) is 8.78. The summed E-state index contributed by atoms with van der Waals surface area (Å²) in [6.45, 7) is 7.41. The Bertz CT molecular complexity index is 649. The zero-order valence-corrected chi connectivity index (χ0v) is 15.2. The second-order valence-electron chi connectivity index (χ2n) is 7.28. The molecule has 6 heteroatoms. The Hall–Kier alpha value is -1.79. The minimum absolute atomic E-state index is 0.544. The predicted octanol–water partition coefficient (Wildman–Crippen LogP) is 2.00. The van der Waals surface area contributed by atoms with Gasteiger partial charge in [-0.3, -0.25) is 4.90 Å². The lowest BCUT2D eigenvalue weighted by molar-refractivity contribution is 0.260. The number of rotatable bonds is 6. The lowest BCUT2D eigenvalue weighted by Crippen LogP contribution is -2.31. The molecule has 1 fully saturated rings. The summed E-state index contributed by atoms with van der Waals surface area (Å²) in [5, 5.41) is 4.72. The number of pyridine rings is 1. The summed E-state index contributed by atoms with van der Waals surface area (Å²) in [6.07, 6.45) is 3.91. The van der Waals surface area contributed by atoms with Crippen LogP contribution in [0, 0.1) is 5.92 Å². The molecule has 1 aliphatic rings. The Morgan fingerprint density at radius 2 is 2.12 bits per heavy atom. The molecule has 3 heterocycles. The molecule has 0 aliphatic carbocycles. The van der Waals surface area contributed by atoms with Crippen molar-refractivity contribution in [1.29, 1.82) is 0 Å². The van der Waals surface area contributed by atoms with Crippen LogP contribution in [0.15, 0.2) is 24.4 Å². The van der Waals surface area contributed by atoms with Crippen molar-refractivity contribution < 1.29 is 0 Å². The van der Waals surface area contributed by atoms with E-state index >= 15 is 0 Å². The smallest absolute Gasteiger partial charge is 0.155 e. The maximum atomic E-state index is 4.82. The van der Waals surface area contributed by atoms with E-state index in [1.54, 1.807) is 6.20 Å². The van der Waals surface area contributed by atoms with Gasteiger partial charge in [-0.25, -0.2) is 9.97 Å². The first-order chi connectivity index (χ1) is 11.5. The summed E-state index contributed by atoms with van der Waals surface area (Å²) < 4.78 is 1.92. The Morgan fingerprint density at radius 3 is 2.75 bits per heavy atom. The summed E-state index contributed by atoms with van der Waals surface area (Å²) in [4.78, 5) is 14.0. The molecule has 2 aromatic heterocycles. The van der Waals surface area contributed by atoms with Crippen LogP contribution in [-0.4, -0.2) is 62.8 Å². The molecule has 1 atom stereocenters. The van der Waals surface area contributed by atoms with Gasteiger partial charge in [-0.1, -0.05) is 19.9 Å². The number of hydrogen-bond donors (Lipinski definition) is 0. The zero-order chi connectivity index (χ0) is 17.1. The monoisotopic (exact) mass is 328 g/mol. The molecule has 0 bridgehead atoms. The van der Waals surface area contributed by atoms with E-state index in [9.17, 15) is 0 Å². The van der Waals surface area contributed by atoms with Gasteiger partial charge in [-0.15, -0.1) is 5.10 Å². The Labute approximate surface area is 144 Å². The van der Waals surface area contributed by atoms with Crippen molar-refractivity contribution in [3.63, 3.8) is 0 Å². The highest BCUT2D eigenvalue weighted by atomic mass is 15.4. The third kappa shape index (κ3) is 3.99. The maximum Gasteiger partial charge on any atom is 0.155 e. The van der Waals surface area contributed by atoms with E-state index in [1.165, 1.54) is 6.42 Å². The molecule has 0 saturated carbocycles.